The molecule has 706 valence electrons. The molecule has 0 radical (unpaired) electrons. The van der Waals surface area contributed by atoms with Crippen LogP contribution in [0, 0.1) is 0 Å². The first-order chi connectivity index (χ1) is 62.1. The lowest BCUT2D eigenvalue weighted by atomic mass is 10.0. The summed E-state index contributed by atoms with van der Waals surface area (Å²) in [5, 5.41) is 5.15. The van der Waals surface area contributed by atoms with Crippen LogP contribution in [0.1, 0.15) is 189 Å². The molecule has 3 aromatic heterocycles. The van der Waals surface area contributed by atoms with E-state index in [2.05, 4.69) is 82.8 Å². The molecule has 0 saturated carbocycles. The summed E-state index contributed by atoms with van der Waals surface area (Å²) in [6, 6.07) is 33.2. The Morgan fingerprint density at radius 3 is 0.383 bits per heavy atom. The SMILES string of the molecule is CCO[Si](OCC)(OCC)c1cc(-c2c3nc(c(-c4cc([Si](OCC)(OCC)OCC)cc([Si](OCC)(OCC)OCC)c4)c4ccc([nH]4)c(-c4cc([Si](OCC)(OCC)OCC)cc([Si](OCC)(OCC)OCC)c4)c4nc(c(-c5cc([Si](OCC)(OCC)OCC)cc([Si](OCC)(OCC)OCC)c5)c5ccc2[nH]5)C=C4)C=C3)cc([Si](OCC)(OCC)OCC)c1. The highest BCUT2D eigenvalue weighted by molar-refractivity contribution is 6.82. The van der Waals surface area contributed by atoms with Gasteiger partial charge in [0.05, 0.1) is 22.8 Å². The molecule has 9 rings (SSSR count). The van der Waals surface area contributed by atoms with Crippen molar-refractivity contribution < 1.29 is 106 Å². The molecule has 28 nitrogen and oxygen atoms in total. The lowest BCUT2D eigenvalue weighted by Crippen LogP contribution is -2.61. The predicted molar refractivity (Wildman–Crippen MR) is 523 cm³/mol. The number of hydrogen-bond acceptors (Lipinski definition) is 26. The van der Waals surface area contributed by atoms with E-state index in [1.165, 1.54) is 0 Å². The van der Waals surface area contributed by atoms with E-state index >= 15 is 0 Å². The molecule has 0 unspecified atom stereocenters. The van der Waals surface area contributed by atoms with Crippen molar-refractivity contribution in [2.75, 3.05) is 159 Å². The molecule has 36 heteroatoms. The average molecular weight is 1910 g/mol. The number of benzene rings is 4. The van der Waals surface area contributed by atoms with Crippen LogP contribution in [-0.2, 0) is 106 Å². The normalized spacial score (nSPS) is 13.2. The van der Waals surface area contributed by atoms with E-state index in [0.29, 0.717) is 131 Å². The highest BCUT2D eigenvalue weighted by Gasteiger charge is 2.54. The quantitative estimate of drug-likeness (QED) is 0.0335. The van der Waals surface area contributed by atoms with Crippen molar-refractivity contribution in [3.05, 3.63) is 120 Å². The second-order valence-electron chi connectivity index (χ2n) is 28.5. The summed E-state index contributed by atoms with van der Waals surface area (Å²) in [5.41, 5.74) is 9.86. The van der Waals surface area contributed by atoms with Crippen LogP contribution in [0.15, 0.2) is 97.1 Å². The first-order valence-corrected chi connectivity index (χ1v) is 60.1. The Morgan fingerprint density at radius 1 is 0.172 bits per heavy atom. The van der Waals surface area contributed by atoms with Crippen molar-refractivity contribution in [2.45, 2.75) is 166 Å². The van der Waals surface area contributed by atoms with Crippen LogP contribution < -0.4 is 41.5 Å². The smallest absolute Gasteiger partial charge is 0.370 e. The van der Waals surface area contributed by atoms with Crippen molar-refractivity contribution in [1.29, 1.82) is 0 Å². The van der Waals surface area contributed by atoms with E-state index in [0.717, 1.165) is 0 Å². The molecule has 0 aliphatic carbocycles. The van der Waals surface area contributed by atoms with Crippen LogP contribution in [-0.4, -0.2) is 249 Å². The summed E-state index contributed by atoms with van der Waals surface area (Å²) < 4.78 is 166. The number of aromatic nitrogens is 4. The molecule has 5 heterocycles. The molecule has 0 atom stereocenters. The fraction of sp³-hybridized carbons (Fsp3) is 0.522. The van der Waals surface area contributed by atoms with E-state index in [1.54, 1.807) is 0 Å². The van der Waals surface area contributed by atoms with E-state index in [-0.39, 0.29) is 159 Å². The van der Waals surface area contributed by atoms with Crippen LogP contribution in [0.4, 0.5) is 0 Å². The average Bonchev–Trinajstić information content (AvgIpc) is 1.69. The second kappa shape index (κ2) is 50.5. The third-order valence-corrected chi connectivity index (χ3v) is 44.5. The summed E-state index contributed by atoms with van der Waals surface area (Å²) in [6.07, 6.45) is 8.19. The number of fused-ring (bicyclic) bond motifs is 8. The molecule has 128 heavy (non-hydrogen) atoms. The van der Waals surface area contributed by atoms with Crippen molar-refractivity contribution in [1.82, 2.24) is 19.9 Å². The lowest BCUT2D eigenvalue weighted by Gasteiger charge is -2.32. The number of rotatable bonds is 60. The third kappa shape index (κ3) is 23.4. The van der Waals surface area contributed by atoms with E-state index in [4.69, 9.17) is 116 Å². The molecule has 2 aliphatic heterocycles. The zero-order valence-corrected chi connectivity index (χ0v) is 88.2. The summed E-state index contributed by atoms with van der Waals surface area (Å²) in [4.78, 5) is 20.3. The van der Waals surface area contributed by atoms with Crippen molar-refractivity contribution in [3.63, 3.8) is 0 Å². The van der Waals surface area contributed by atoms with Crippen LogP contribution in [0.3, 0.4) is 0 Å². The van der Waals surface area contributed by atoms with Gasteiger partial charge in [0.1, 0.15) is 0 Å². The fourth-order valence-electron chi connectivity index (χ4n) is 16.5. The highest BCUT2D eigenvalue weighted by atomic mass is 28.4. The first-order valence-electron chi connectivity index (χ1n) is 46.3. The Balaban J connectivity index is 1.73. The van der Waals surface area contributed by atoms with Crippen molar-refractivity contribution in [2.24, 2.45) is 0 Å². The van der Waals surface area contributed by atoms with Crippen LogP contribution >= 0.6 is 0 Å². The largest absolute Gasteiger partial charge is 0.537 e. The van der Waals surface area contributed by atoms with E-state index in [1.807, 2.05) is 215 Å². The maximum atomic E-state index is 6.92. The predicted octanol–water partition coefficient (Wildman–Crippen LogP) is 13.4. The minimum atomic E-state index is -3.91. The number of hydrogen-bond donors (Lipinski definition) is 2. The summed E-state index contributed by atoms with van der Waals surface area (Å²) in [5.74, 6) is 0. The molecular formula is C92H142N4O24Si8. The fourth-order valence-corrected chi connectivity index (χ4v) is 37.5. The topological polar surface area (TPSA) is 279 Å². The Hall–Kier alpha value is -5.74. The van der Waals surface area contributed by atoms with Gasteiger partial charge in [-0.25, -0.2) is 9.97 Å². The van der Waals surface area contributed by atoms with Gasteiger partial charge in [-0.05, 0) is 310 Å². The van der Waals surface area contributed by atoms with Gasteiger partial charge in [0.2, 0.25) is 0 Å². The number of aromatic amines is 2. The van der Waals surface area contributed by atoms with Gasteiger partial charge in [0.25, 0.3) is 0 Å². The second-order valence-corrected chi connectivity index (χ2v) is 49.0. The van der Waals surface area contributed by atoms with Gasteiger partial charge in [-0.3, -0.25) is 0 Å². The maximum Gasteiger partial charge on any atom is 0.537 e. The Morgan fingerprint density at radius 2 is 0.281 bits per heavy atom. The lowest BCUT2D eigenvalue weighted by molar-refractivity contribution is 0.0838. The van der Waals surface area contributed by atoms with E-state index < -0.39 is 70.4 Å². The van der Waals surface area contributed by atoms with Gasteiger partial charge in [-0.2, -0.15) is 0 Å². The summed E-state index contributed by atoms with van der Waals surface area (Å²) in [7, 11) is -31.3. The highest BCUT2D eigenvalue weighted by Crippen LogP contribution is 2.41. The number of nitrogens with one attached hydrogen (secondary N) is 2. The van der Waals surface area contributed by atoms with Gasteiger partial charge in [0, 0.05) is 244 Å². The van der Waals surface area contributed by atoms with E-state index in [9.17, 15) is 0 Å². The Bertz CT molecular complexity index is 4020. The van der Waals surface area contributed by atoms with Crippen LogP contribution in [0.25, 0.3) is 90.9 Å². The zero-order chi connectivity index (χ0) is 92.8. The Kier molecular flexibility index (Phi) is 41.8. The molecule has 2 N–H and O–H groups in total. The minimum absolute atomic E-state index is 0.268. The zero-order valence-electron chi connectivity index (χ0n) is 80.2. The van der Waals surface area contributed by atoms with Crippen molar-refractivity contribution >= 4 is 158 Å². The van der Waals surface area contributed by atoms with Gasteiger partial charge in [-0.1, -0.05) is 0 Å². The molecule has 7 aromatic rings. The van der Waals surface area contributed by atoms with Crippen LogP contribution in [0.2, 0.25) is 0 Å². The summed E-state index contributed by atoms with van der Waals surface area (Å²) >= 11 is 0. The molecule has 0 saturated heterocycles. The van der Waals surface area contributed by atoms with Gasteiger partial charge >= 0.3 is 70.4 Å². The monoisotopic (exact) mass is 1910 g/mol. The molecular weight excluding hydrogens is 1770 g/mol. The van der Waals surface area contributed by atoms with Crippen LogP contribution in [0.5, 0.6) is 0 Å². The number of nitrogens with zero attached hydrogens (tertiary/aromatic N) is 2. The molecule has 2 aliphatic rings. The number of H-pyrrole nitrogens is 2. The van der Waals surface area contributed by atoms with Gasteiger partial charge in [-0.15, -0.1) is 0 Å². The third-order valence-electron chi connectivity index (χ3n) is 20.5. The van der Waals surface area contributed by atoms with Gasteiger partial charge < -0.3 is 116 Å². The maximum absolute atomic E-state index is 6.92. The van der Waals surface area contributed by atoms with Gasteiger partial charge in [0.15, 0.2) is 0 Å². The Labute approximate surface area is 768 Å². The molecule has 0 fully saturated rings. The first kappa shape index (κ1) is 106. The van der Waals surface area contributed by atoms with Crippen molar-refractivity contribution in [3.8, 4) is 44.5 Å². The molecule has 0 amide bonds. The minimum Gasteiger partial charge on any atom is -0.370 e. The standard InChI is InChI=1S/C92H142N4O24Si8/c1-25-97-121(98-26-2,99-27-3)73-57-69(58-74(65-73)122(100-28-4,101-29-5)102-30-6)89-81-49-51-83(93-81)90(70-59-75(123(103-31-7,104-32-8)105-33-9)66-76(60-70)124(106-34-10,107-35-11)108-36-12)85-53-55-87(95-85)92(72-63-79(127(115-43-19,116-44-20)117-45-21)68-80(64-72)128(118-46-22,119-47-23)120-48-24)88-56-54-86(96-88)91(84-52-50-82(89)94-84)71-61-77(125(109-37-13,110-38-14)111-39-15)67-78(62-71)126(112-40-16,113-41-17)114-42-18/h49-68,93,96H,25-48H2,1-24H3. The summed E-state index contributed by atoms with van der Waals surface area (Å²) in [6.45, 7) is 53.1. The molecule has 4 aromatic carbocycles. The molecule has 8 bridgehead atoms. The molecule has 0 spiro atoms.